The summed E-state index contributed by atoms with van der Waals surface area (Å²) in [6, 6.07) is 11.1. The van der Waals surface area contributed by atoms with Gasteiger partial charge in [-0.1, -0.05) is 30.3 Å². The van der Waals surface area contributed by atoms with Gasteiger partial charge in [-0.05, 0) is 11.6 Å². The molecule has 0 bridgehead atoms. The molecular weight excluding hydrogens is 268 g/mol. The highest BCUT2D eigenvalue weighted by atomic mass is 16.2. The lowest BCUT2D eigenvalue weighted by atomic mass is 10.2. The van der Waals surface area contributed by atoms with Crippen molar-refractivity contribution in [3.8, 4) is 0 Å². The maximum absolute atomic E-state index is 11.9. The number of nitrogen functional groups attached to an aromatic ring is 1. The van der Waals surface area contributed by atoms with Crippen LogP contribution in [0.4, 0.5) is 5.69 Å². The first-order valence-corrected chi connectivity index (χ1v) is 6.57. The Balaban J connectivity index is 1.79. The third kappa shape index (κ3) is 4.10. The summed E-state index contributed by atoms with van der Waals surface area (Å²) in [7, 11) is 1.72. The molecule has 0 spiro atoms. The van der Waals surface area contributed by atoms with Crippen LogP contribution in [0.2, 0.25) is 0 Å². The largest absolute Gasteiger partial charge is 0.397 e. The third-order valence-electron chi connectivity index (χ3n) is 3.00. The quantitative estimate of drug-likeness (QED) is 0.754. The Bertz CT molecular complexity index is 634. The molecule has 1 aromatic heterocycles. The van der Waals surface area contributed by atoms with E-state index < -0.39 is 0 Å². The number of nitrogens with zero attached hydrogens (tertiary/aromatic N) is 1. The summed E-state index contributed by atoms with van der Waals surface area (Å²) >= 11 is 0. The third-order valence-corrected chi connectivity index (χ3v) is 3.00. The minimum absolute atomic E-state index is 0.0727. The number of amides is 2. The number of carbonyl (C=O) groups is 2. The second kappa shape index (κ2) is 6.60. The molecule has 0 aliphatic heterocycles. The fraction of sp³-hybridized carbons (Fsp3) is 0.200. The topological polar surface area (TPSA) is 89.2 Å². The Morgan fingerprint density at radius 1 is 1.19 bits per heavy atom. The van der Waals surface area contributed by atoms with Crippen molar-refractivity contribution in [3.05, 3.63) is 53.9 Å². The summed E-state index contributed by atoms with van der Waals surface area (Å²) in [5.74, 6) is -0.571. The van der Waals surface area contributed by atoms with E-state index in [9.17, 15) is 9.59 Å². The van der Waals surface area contributed by atoms with Crippen molar-refractivity contribution in [2.24, 2.45) is 7.05 Å². The standard InChI is InChI=1S/C15H18N4O2/c1-19-10-12(16)7-13(19)15(21)18-9-14(20)17-8-11-5-3-2-4-6-11/h2-7,10H,8-9,16H2,1H3,(H,17,20)(H,18,21). The zero-order valence-electron chi connectivity index (χ0n) is 11.8. The van der Waals surface area contributed by atoms with E-state index in [4.69, 9.17) is 5.73 Å². The summed E-state index contributed by atoms with van der Waals surface area (Å²) < 4.78 is 1.62. The lowest BCUT2D eigenvalue weighted by molar-refractivity contribution is -0.120. The molecule has 0 radical (unpaired) electrons. The molecule has 110 valence electrons. The molecule has 0 saturated heterocycles. The number of nitrogens with one attached hydrogen (secondary N) is 2. The molecule has 0 atom stereocenters. The molecule has 2 rings (SSSR count). The van der Waals surface area contributed by atoms with Gasteiger partial charge in [0.2, 0.25) is 5.91 Å². The fourth-order valence-corrected chi connectivity index (χ4v) is 1.93. The zero-order valence-corrected chi connectivity index (χ0v) is 11.8. The number of aryl methyl sites for hydroxylation is 1. The van der Waals surface area contributed by atoms with Crippen LogP contribution in [0.5, 0.6) is 0 Å². The van der Waals surface area contributed by atoms with Gasteiger partial charge in [-0.15, -0.1) is 0 Å². The van der Waals surface area contributed by atoms with Crippen molar-refractivity contribution >= 4 is 17.5 Å². The molecule has 4 N–H and O–H groups in total. The van der Waals surface area contributed by atoms with Gasteiger partial charge in [-0.2, -0.15) is 0 Å². The number of hydrogen-bond donors (Lipinski definition) is 3. The summed E-state index contributed by atoms with van der Waals surface area (Å²) in [6.45, 7) is 0.364. The first-order chi connectivity index (χ1) is 10.1. The molecular formula is C15H18N4O2. The van der Waals surface area contributed by atoms with Crippen LogP contribution in [0.3, 0.4) is 0 Å². The van der Waals surface area contributed by atoms with Gasteiger partial charge in [0.15, 0.2) is 0 Å². The maximum atomic E-state index is 11.9. The monoisotopic (exact) mass is 286 g/mol. The number of aromatic nitrogens is 1. The predicted octanol–water partition coefficient (Wildman–Crippen LogP) is 0.654. The Hall–Kier alpha value is -2.76. The van der Waals surface area contributed by atoms with Crippen molar-refractivity contribution < 1.29 is 9.59 Å². The van der Waals surface area contributed by atoms with E-state index in [1.807, 2.05) is 30.3 Å². The van der Waals surface area contributed by atoms with E-state index in [1.165, 1.54) is 0 Å². The molecule has 1 aromatic carbocycles. The van der Waals surface area contributed by atoms with Crippen molar-refractivity contribution in [2.45, 2.75) is 6.54 Å². The van der Waals surface area contributed by atoms with E-state index >= 15 is 0 Å². The van der Waals surface area contributed by atoms with Gasteiger partial charge in [-0.25, -0.2) is 0 Å². The number of hydrogen-bond acceptors (Lipinski definition) is 3. The number of carbonyl (C=O) groups excluding carboxylic acids is 2. The minimum Gasteiger partial charge on any atom is -0.397 e. The van der Waals surface area contributed by atoms with Crippen LogP contribution >= 0.6 is 0 Å². The average Bonchev–Trinajstić information content (AvgIpc) is 2.82. The molecule has 2 aromatic rings. The first-order valence-electron chi connectivity index (χ1n) is 6.57. The van der Waals surface area contributed by atoms with Crippen LogP contribution in [0.25, 0.3) is 0 Å². The molecule has 0 fully saturated rings. The van der Waals surface area contributed by atoms with Gasteiger partial charge >= 0.3 is 0 Å². The molecule has 6 nitrogen and oxygen atoms in total. The molecule has 0 unspecified atom stereocenters. The molecule has 1 heterocycles. The molecule has 0 aliphatic rings. The summed E-state index contributed by atoms with van der Waals surface area (Å²) in [5.41, 5.74) is 7.54. The van der Waals surface area contributed by atoms with Gasteiger partial charge < -0.3 is 20.9 Å². The number of nitrogens with two attached hydrogens (primary N) is 1. The Labute approximate surface area is 122 Å². The lowest BCUT2D eigenvalue weighted by Crippen LogP contribution is -2.37. The molecule has 6 heteroatoms. The smallest absolute Gasteiger partial charge is 0.268 e. The van der Waals surface area contributed by atoms with E-state index in [-0.39, 0.29) is 18.4 Å². The van der Waals surface area contributed by atoms with Crippen LogP contribution in [0.1, 0.15) is 16.1 Å². The van der Waals surface area contributed by atoms with Crippen LogP contribution < -0.4 is 16.4 Å². The highest BCUT2D eigenvalue weighted by molar-refractivity contribution is 5.96. The lowest BCUT2D eigenvalue weighted by Gasteiger charge is -2.07. The molecule has 21 heavy (non-hydrogen) atoms. The van der Waals surface area contributed by atoms with E-state index in [0.29, 0.717) is 17.9 Å². The SMILES string of the molecule is Cn1cc(N)cc1C(=O)NCC(=O)NCc1ccccc1. The van der Waals surface area contributed by atoms with Crippen LogP contribution in [0, 0.1) is 0 Å². The maximum Gasteiger partial charge on any atom is 0.268 e. The normalized spacial score (nSPS) is 10.1. The Kier molecular flexibility index (Phi) is 4.61. The fourth-order valence-electron chi connectivity index (χ4n) is 1.93. The average molecular weight is 286 g/mol. The van der Waals surface area contributed by atoms with Crippen molar-refractivity contribution in [2.75, 3.05) is 12.3 Å². The minimum atomic E-state index is -0.330. The van der Waals surface area contributed by atoms with Gasteiger partial charge in [0, 0.05) is 19.8 Å². The van der Waals surface area contributed by atoms with Crippen molar-refractivity contribution in [3.63, 3.8) is 0 Å². The number of rotatable bonds is 5. The van der Waals surface area contributed by atoms with Crippen molar-refractivity contribution in [1.29, 1.82) is 0 Å². The van der Waals surface area contributed by atoms with Gasteiger partial charge in [0.25, 0.3) is 5.91 Å². The highest BCUT2D eigenvalue weighted by Crippen LogP contribution is 2.07. The highest BCUT2D eigenvalue weighted by Gasteiger charge is 2.11. The van der Waals surface area contributed by atoms with Crippen LogP contribution in [0.15, 0.2) is 42.6 Å². The molecule has 2 amide bonds. The number of anilines is 1. The summed E-state index contributed by atoms with van der Waals surface area (Å²) in [5, 5.41) is 5.30. The van der Waals surface area contributed by atoms with Gasteiger partial charge in [0.05, 0.1) is 12.2 Å². The van der Waals surface area contributed by atoms with Gasteiger partial charge in [0.1, 0.15) is 5.69 Å². The van der Waals surface area contributed by atoms with E-state index in [0.717, 1.165) is 5.56 Å². The predicted molar refractivity (Wildman–Crippen MR) is 80.4 cm³/mol. The summed E-state index contributed by atoms with van der Waals surface area (Å²) in [6.07, 6.45) is 1.64. The first kappa shape index (κ1) is 14.6. The van der Waals surface area contributed by atoms with E-state index in [1.54, 1.807) is 23.9 Å². The molecule has 0 aliphatic carbocycles. The molecule has 0 saturated carbocycles. The number of benzene rings is 1. The van der Waals surface area contributed by atoms with Crippen LogP contribution in [-0.4, -0.2) is 22.9 Å². The van der Waals surface area contributed by atoms with Crippen molar-refractivity contribution in [1.82, 2.24) is 15.2 Å². The zero-order chi connectivity index (χ0) is 15.2. The Morgan fingerprint density at radius 3 is 2.52 bits per heavy atom. The van der Waals surface area contributed by atoms with Gasteiger partial charge in [-0.3, -0.25) is 9.59 Å². The van der Waals surface area contributed by atoms with Crippen LogP contribution in [-0.2, 0) is 18.4 Å². The second-order valence-corrected chi connectivity index (χ2v) is 4.71. The Morgan fingerprint density at radius 2 is 1.90 bits per heavy atom. The van der Waals surface area contributed by atoms with E-state index in [2.05, 4.69) is 10.6 Å². The second-order valence-electron chi connectivity index (χ2n) is 4.71. The summed E-state index contributed by atoms with van der Waals surface area (Å²) in [4.78, 5) is 23.6.